The second-order valence-electron chi connectivity index (χ2n) is 8.82. The smallest absolute Gasteiger partial charge is 0.254 e. The van der Waals surface area contributed by atoms with E-state index >= 15 is 4.39 Å². The molecule has 2 aliphatic rings. The van der Waals surface area contributed by atoms with Gasteiger partial charge in [-0.2, -0.15) is 0 Å². The largest absolute Gasteiger partial charge is 0.508 e. The number of ether oxygens (including phenoxy) is 1. The summed E-state index contributed by atoms with van der Waals surface area (Å²) in [5.41, 5.74) is 1.98. The highest BCUT2D eigenvalue weighted by Gasteiger charge is 2.57. The molecule has 1 fully saturated rings. The molecular formula is C25H27FN4O3. The molecule has 172 valence electrons. The van der Waals surface area contributed by atoms with Crippen molar-refractivity contribution in [2.75, 3.05) is 27.2 Å². The van der Waals surface area contributed by atoms with E-state index in [0.717, 1.165) is 16.8 Å². The minimum absolute atomic E-state index is 0.0730. The zero-order chi connectivity index (χ0) is 23.5. The molecule has 33 heavy (non-hydrogen) atoms. The van der Waals surface area contributed by atoms with Crippen LogP contribution in [0, 0.1) is 5.82 Å². The van der Waals surface area contributed by atoms with Gasteiger partial charge < -0.3 is 25.0 Å². The number of hydrogen-bond donors (Lipinski definition) is 3. The number of carbonyl (C=O) groups excluding carboxylic acids is 1. The number of nitrogens with one attached hydrogen (secondary N) is 2. The topological polar surface area (TPSA) is 80.8 Å². The zero-order valence-electron chi connectivity index (χ0n) is 18.9. The van der Waals surface area contributed by atoms with Crippen LogP contribution in [0.1, 0.15) is 29.8 Å². The Kier molecular flexibility index (Phi) is 4.86. The Bertz CT molecular complexity index is 1290. The second-order valence-corrected chi connectivity index (χ2v) is 8.82. The highest BCUT2D eigenvalue weighted by atomic mass is 19.1. The molecule has 2 aliphatic heterocycles. The van der Waals surface area contributed by atoms with Crippen molar-refractivity contribution >= 4 is 16.8 Å². The standard InChI is InChI=1S/C25H27FN4O3/c1-14-29(11-10-27-3)24(32)25(2)13-17-20-18(8-9-19(33-4)21(20)26)28-22(17)23(30(14)25)15-6-5-7-16(31)12-15/h5-9,12,23,27-28,31H,1,10-11,13H2,2-4H3/t23-,25+/m1/s1. The quantitative estimate of drug-likeness (QED) is 0.556. The number of methoxy groups -OCH3 is 1. The van der Waals surface area contributed by atoms with E-state index in [4.69, 9.17) is 4.74 Å². The fraction of sp³-hybridized carbons (Fsp3) is 0.320. The van der Waals surface area contributed by atoms with Gasteiger partial charge in [0.15, 0.2) is 11.6 Å². The van der Waals surface area contributed by atoms with E-state index in [1.807, 2.05) is 24.9 Å². The van der Waals surface area contributed by atoms with Crippen LogP contribution in [0.3, 0.4) is 0 Å². The summed E-state index contributed by atoms with van der Waals surface area (Å²) in [6.07, 6.45) is 0.315. The molecule has 7 nitrogen and oxygen atoms in total. The number of hydrogen-bond acceptors (Lipinski definition) is 5. The molecule has 0 bridgehead atoms. The normalized spacial score (nSPS) is 22.1. The van der Waals surface area contributed by atoms with E-state index < -0.39 is 17.4 Å². The number of aromatic hydroxyl groups is 1. The lowest BCUT2D eigenvalue weighted by Gasteiger charge is -2.44. The number of likely N-dealkylation sites (N-methyl/N-ethyl adjacent to an activating group) is 1. The van der Waals surface area contributed by atoms with Gasteiger partial charge in [0, 0.05) is 36.1 Å². The molecule has 0 spiro atoms. The Labute approximate surface area is 191 Å². The third-order valence-electron chi connectivity index (χ3n) is 6.87. The van der Waals surface area contributed by atoms with Crippen LogP contribution in [0.5, 0.6) is 11.5 Å². The van der Waals surface area contributed by atoms with Gasteiger partial charge in [0.05, 0.1) is 13.2 Å². The van der Waals surface area contributed by atoms with Crippen LogP contribution >= 0.6 is 0 Å². The average Bonchev–Trinajstić information content (AvgIpc) is 3.24. The van der Waals surface area contributed by atoms with E-state index in [-0.39, 0.29) is 17.4 Å². The average molecular weight is 451 g/mol. The molecule has 0 radical (unpaired) electrons. The molecule has 8 heteroatoms. The lowest BCUT2D eigenvalue weighted by molar-refractivity contribution is -0.133. The van der Waals surface area contributed by atoms with Crippen molar-refractivity contribution in [3.05, 3.63) is 71.4 Å². The van der Waals surface area contributed by atoms with Crippen LogP contribution in [-0.4, -0.2) is 58.6 Å². The van der Waals surface area contributed by atoms with E-state index in [2.05, 4.69) is 16.9 Å². The molecule has 1 aromatic heterocycles. The number of H-pyrrole nitrogens is 1. The van der Waals surface area contributed by atoms with Crippen molar-refractivity contribution in [2.45, 2.75) is 24.9 Å². The van der Waals surface area contributed by atoms with Crippen LogP contribution in [0.4, 0.5) is 4.39 Å². The van der Waals surface area contributed by atoms with E-state index in [0.29, 0.717) is 36.2 Å². The first-order valence-corrected chi connectivity index (χ1v) is 10.9. The number of nitrogens with zero attached hydrogens (tertiary/aromatic N) is 2. The lowest BCUT2D eigenvalue weighted by Crippen LogP contribution is -2.52. The Hall–Kier alpha value is -3.52. The molecule has 1 saturated heterocycles. The van der Waals surface area contributed by atoms with Gasteiger partial charge in [-0.25, -0.2) is 4.39 Å². The van der Waals surface area contributed by atoms with Gasteiger partial charge in [0.2, 0.25) is 0 Å². The fourth-order valence-corrected chi connectivity index (χ4v) is 5.34. The first kappa shape index (κ1) is 21.3. The molecule has 2 aromatic carbocycles. The second kappa shape index (κ2) is 7.52. The van der Waals surface area contributed by atoms with Crippen LogP contribution in [-0.2, 0) is 11.2 Å². The number of carbonyl (C=O) groups is 1. The van der Waals surface area contributed by atoms with Crippen LogP contribution < -0.4 is 10.1 Å². The maximum atomic E-state index is 15.5. The number of amides is 1. The maximum absolute atomic E-state index is 15.5. The Morgan fingerprint density at radius 2 is 2.15 bits per heavy atom. The van der Waals surface area contributed by atoms with Crippen molar-refractivity contribution in [3.63, 3.8) is 0 Å². The predicted molar refractivity (Wildman–Crippen MR) is 123 cm³/mol. The molecule has 2 atom stereocenters. The summed E-state index contributed by atoms with van der Waals surface area (Å²) in [4.78, 5) is 20.8. The van der Waals surface area contributed by atoms with Gasteiger partial charge in [-0.15, -0.1) is 0 Å². The van der Waals surface area contributed by atoms with Gasteiger partial charge in [-0.1, -0.05) is 18.7 Å². The summed E-state index contributed by atoms with van der Waals surface area (Å²) in [6.45, 7) is 7.25. The van der Waals surface area contributed by atoms with Gasteiger partial charge in [-0.05, 0) is 49.4 Å². The van der Waals surface area contributed by atoms with E-state index in [9.17, 15) is 9.90 Å². The highest BCUT2D eigenvalue weighted by molar-refractivity contribution is 5.94. The molecule has 3 N–H and O–H groups in total. The molecule has 3 heterocycles. The van der Waals surface area contributed by atoms with Crippen molar-refractivity contribution in [1.82, 2.24) is 20.1 Å². The van der Waals surface area contributed by atoms with Gasteiger partial charge in [0.25, 0.3) is 5.91 Å². The van der Waals surface area contributed by atoms with Gasteiger partial charge in [-0.3, -0.25) is 9.69 Å². The highest BCUT2D eigenvalue weighted by Crippen LogP contribution is 2.51. The molecular weight excluding hydrogens is 423 g/mol. The first-order valence-electron chi connectivity index (χ1n) is 10.9. The number of halogens is 1. The van der Waals surface area contributed by atoms with Crippen molar-refractivity contribution < 1.29 is 19.0 Å². The third kappa shape index (κ3) is 2.94. The van der Waals surface area contributed by atoms with E-state index in [1.54, 1.807) is 35.2 Å². The summed E-state index contributed by atoms with van der Waals surface area (Å²) in [5.74, 6) is 0.345. The number of aromatic amines is 1. The monoisotopic (exact) mass is 450 g/mol. The van der Waals surface area contributed by atoms with Crippen LogP contribution in [0.2, 0.25) is 0 Å². The number of rotatable bonds is 5. The van der Waals surface area contributed by atoms with Crippen molar-refractivity contribution in [2.24, 2.45) is 0 Å². The molecule has 3 aromatic rings. The minimum Gasteiger partial charge on any atom is -0.508 e. The third-order valence-corrected chi connectivity index (χ3v) is 6.87. The van der Waals surface area contributed by atoms with Gasteiger partial charge in [0.1, 0.15) is 17.1 Å². The summed E-state index contributed by atoms with van der Waals surface area (Å²) in [5, 5.41) is 13.7. The molecule has 0 saturated carbocycles. The molecule has 1 amide bonds. The number of benzene rings is 2. The number of phenols is 1. The molecule has 0 unspecified atom stereocenters. The molecule has 0 aliphatic carbocycles. The van der Waals surface area contributed by atoms with E-state index in [1.165, 1.54) is 7.11 Å². The number of fused-ring (bicyclic) bond motifs is 4. The summed E-state index contributed by atoms with van der Waals surface area (Å²) in [6, 6.07) is 9.87. The van der Waals surface area contributed by atoms with Crippen molar-refractivity contribution in [3.8, 4) is 11.5 Å². The summed E-state index contributed by atoms with van der Waals surface area (Å²) >= 11 is 0. The number of phenolic OH excluding ortho intramolecular Hbond substituents is 1. The maximum Gasteiger partial charge on any atom is 0.254 e. The lowest BCUT2D eigenvalue weighted by atomic mass is 9.81. The SMILES string of the molecule is C=C1N(CCNC)C(=O)[C@]2(C)Cc3c([nH]c4ccc(OC)c(F)c34)[C@@H](c3cccc(O)c3)N12. The Morgan fingerprint density at radius 3 is 2.85 bits per heavy atom. The molecule has 5 rings (SSSR count). The Balaban J connectivity index is 1.77. The minimum atomic E-state index is -0.960. The summed E-state index contributed by atoms with van der Waals surface area (Å²) in [7, 11) is 3.27. The van der Waals surface area contributed by atoms with Crippen molar-refractivity contribution in [1.29, 1.82) is 0 Å². The van der Waals surface area contributed by atoms with Crippen LogP contribution in [0.15, 0.2) is 48.8 Å². The van der Waals surface area contributed by atoms with Gasteiger partial charge >= 0.3 is 0 Å². The zero-order valence-corrected chi connectivity index (χ0v) is 18.9. The Morgan fingerprint density at radius 1 is 1.36 bits per heavy atom. The summed E-state index contributed by atoms with van der Waals surface area (Å²) < 4.78 is 20.7. The number of aromatic nitrogens is 1. The first-order chi connectivity index (χ1) is 15.8. The van der Waals surface area contributed by atoms with Crippen LogP contribution in [0.25, 0.3) is 10.9 Å². The fourth-order valence-electron chi connectivity index (χ4n) is 5.34. The predicted octanol–water partition coefficient (Wildman–Crippen LogP) is 3.26.